The summed E-state index contributed by atoms with van der Waals surface area (Å²) < 4.78 is 6.13. The Morgan fingerprint density at radius 3 is 2.33 bits per heavy atom. The topological polar surface area (TPSA) is 33.6 Å². The van der Waals surface area contributed by atoms with Crippen LogP contribution in [0.1, 0.15) is 0 Å². The molecule has 0 bridgehead atoms. The molecule has 0 atom stereocenters. The van der Waals surface area contributed by atoms with Crippen molar-refractivity contribution in [3.8, 4) is 5.75 Å². The van der Waals surface area contributed by atoms with E-state index in [9.17, 15) is 0 Å². The molecule has 0 fully saturated rings. The minimum Gasteiger partial charge on any atom is -0.497 e. The number of nitrogens with zero attached hydrogens (tertiary/aromatic N) is 1. The van der Waals surface area contributed by atoms with Gasteiger partial charge < -0.3 is 10.1 Å². The zero-order valence-corrected chi connectivity index (χ0v) is 11.5. The van der Waals surface area contributed by atoms with Gasteiger partial charge in [-0.05, 0) is 48.5 Å². The summed E-state index contributed by atoms with van der Waals surface area (Å²) in [5, 5.41) is 3.10. The second-order valence-corrected chi connectivity index (χ2v) is 4.52. The van der Waals surface area contributed by atoms with Crippen molar-refractivity contribution < 1.29 is 4.74 Å². The summed E-state index contributed by atoms with van der Waals surface area (Å²) in [5.41, 5.74) is 1.87. The van der Waals surface area contributed by atoms with E-state index in [-0.39, 0.29) is 0 Å². The molecule has 4 heteroatoms. The molecule has 3 nitrogen and oxygen atoms in total. The molecule has 0 aliphatic carbocycles. The minimum atomic E-state index is 0.838. The standard InChI is InChI=1S/C14H13BrN2O/c1-18-14-8-6-13(7-9-14)17-10-16-12-4-2-11(15)3-5-12/h2-10H,1H3,(H,16,17). The molecule has 0 radical (unpaired) electrons. The Balaban J connectivity index is 1.95. The van der Waals surface area contributed by atoms with Crippen molar-refractivity contribution in [3.63, 3.8) is 0 Å². The SMILES string of the molecule is COc1ccc(NC=Nc2ccc(Br)cc2)cc1. The Morgan fingerprint density at radius 1 is 1.06 bits per heavy atom. The van der Waals surface area contributed by atoms with Gasteiger partial charge in [0.2, 0.25) is 0 Å². The normalized spacial score (nSPS) is 10.6. The third-order valence-electron chi connectivity index (χ3n) is 2.36. The van der Waals surface area contributed by atoms with Gasteiger partial charge in [-0.15, -0.1) is 0 Å². The largest absolute Gasteiger partial charge is 0.497 e. The van der Waals surface area contributed by atoms with Crippen molar-refractivity contribution in [2.45, 2.75) is 0 Å². The molecule has 0 saturated carbocycles. The predicted octanol–water partition coefficient (Wildman–Crippen LogP) is 4.23. The van der Waals surface area contributed by atoms with Crippen LogP contribution in [-0.2, 0) is 0 Å². The van der Waals surface area contributed by atoms with Crippen molar-refractivity contribution in [2.75, 3.05) is 12.4 Å². The first-order valence-corrected chi connectivity index (χ1v) is 6.26. The molecule has 0 spiro atoms. The maximum atomic E-state index is 5.09. The molecular weight excluding hydrogens is 292 g/mol. The van der Waals surface area contributed by atoms with Crippen LogP contribution in [0.4, 0.5) is 11.4 Å². The maximum Gasteiger partial charge on any atom is 0.119 e. The van der Waals surface area contributed by atoms with Gasteiger partial charge in [0.15, 0.2) is 0 Å². The Hall–Kier alpha value is -1.81. The number of halogens is 1. The van der Waals surface area contributed by atoms with E-state index in [1.54, 1.807) is 13.4 Å². The highest BCUT2D eigenvalue weighted by Gasteiger charge is 1.91. The summed E-state index contributed by atoms with van der Waals surface area (Å²) in [6, 6.07) is 15.5. The van der Waals surface area contributed by atoms with Crippen molar-refractivity contribution in [2.24, 2.45) is 4.99 Å². The van der Waals surface area contributed by atoms with E-state index in [2.05, 4.69) is 26.2 Å². The molecule has 2 aromatic rings. The quantitative estimate of drug-likeness (QED) is 0.677. The van der Waals surface area contributed by atoms with Crippen LogP contribution in [0.25, 0.3) is 0 Å². The van der Waals surface area contributed by atoms with Crippen molar-refractivity contribution in [3.05, 3.63) is 53.0 Å². The van der Waals surface area contributed by atoms with Gasteiger partial charge in [0.05, 0.1) is 19.1 Å². The molecule has 18 heavy (non-hydrogen) atoms. The summed E-state index contributed by atoms with van der Waals surface area (Å²) in [4.78, 5) is 4.30. The number of methoxy groups -OCH3 is 1. The summed E-state index contributed by atoms with van der Waals surface area (Å²) in [6.07, 6.45) is 1.67. The van der Waals surface area contributed by atoms with E-state index < -0.39 is 0 Å². The highest BCUT2D eigenvalue weighted by Crippen LogP contribution is 2.17. The van der Waals surface area contributed by atoms with Crippen LogP contribution in [0.5, 0.6) is 5.75 Å². The second-order valence-electron chi connectivity index (χ2n) is 3.61. The number of ether oxygens (including phenoxy) is 1. The van der Waals surface area contributed by atoms with E-state index in [4.69, 9.17) is 4.74 Å². The average molecular weight is 305 g/mol. The maximum absolute atomic E-state index is 5.09. The summed E-state index contributed by atoms with van der Waals surface area (Å²) in [5.74, 6) is 0.838. The number of anilines is 1. The zero-order chi connectivity index (χ0) is 12.8. The lowest BCUT2D eigenvalue weighted by Crippen LogP contribution is -1.93. The molecule has 0 aromatic heterocycles. The van der Waals surface area contributed by atoms with Crippen molar-refractivity contribution in [1.29, 1.82) is 0 Å². The van der Waals surface area contributed by atoms with Gasteiger partial charge >= 0.3 is 0 Å². The fourth-order valence-corrected chi connectivity index (χ4v) is 1.66. The Kier molecular flexibility index (Phi) is 4.36. The Morgan fingerprint density at radius 2 is 1.72 bits per heavy atom. The number of aliphatic imine (C=N–C) groups is 1. The molecule has 0 aliphatic heterocycles. The van der Waals surface area contributed by atoms with Crippen LogP contribution in [0, 0.1) is 0 Å². The highest BCUT2D eigenvalue weighted by molar-refractivity contribution is 9.10. The lowest BCUT2D eigenvalue weighted by atomic mass is 10.3. The van der Waals surface area contributed by atoms with Crippen LogP contribution >= 0.6 is 15.9 Å². The number of rotatable bonds is 4. The fourth-order valence-electron chi connectivity index (χ4n) is 1.40. The van der Waals surface area contributed by atoms with E-state index in [0.29, 0.717) is 0 Å². The number of benzene rings is 2. The minimum absolute atomic E-state index is 0.838. The van der Waals surface area contributed by atoms with Crippen molar-refractivity contribution >= 4 is 33.6 Å². The van der Waals surface area contributed by atoms with Crippen LogP contribution in [-0.4, -0.2) is 13.4 Å². The second kappa shape index (κ2) is 6.21. The Labute approximate surface area is 115 Å². The first-order valence-electron chi connectivity index (χ1n) is 5.46. The average Bonchev–Trinajstić information content (AvgIpc) is 2.42. The van der Waals surface area contributed by atoms with Gasteiger partial charge in [-0.3, -0.25) is 0 Å². The number of hydrogen-bond acceptors (Lipinski definition) is 2. The summed E-state index contributed by atoms with van der Waals surface area (Å²) in [6.45, 7) is 0. The van der Waals surface area contributed by atoms with E-state index in [0.717, 1.165) is 21.6 Å². The van der Waals surface area contributed by atoms with Gasteiger partial charge in [-0.2, -0.15) is 0 Å². The van der Waals surface area contributed by atoms with Crippen LogP contribution < -0.4 is 10.1 Å². The number of nitrogens with one attached hydrogen (secondary N) is 1. The smallest absolute Gasteiger partial charge is 0.119 e. The molecule has 0 heterocycles. The van der Waals surface area contributed by atoms with Crippen molar-refractivity contribution in [1.82, 2.24) is 0 Å². The van der Waals surface area contributed by atoms with Gasteiger partial charge in [-0.25, -0.2) is 4.99 Å². The predicted molar refractivity (Wildman–Crippen MR) is 78.9 cm³/mol. The summed E-state index contributed by atoms with van der Waals surface area (Å²) >= 11 is 3.38. The Bertz CT molecular complexity index is 520. The molecule has 2 rings (SSSR count). The molecule has 0 aliphatic rings. The molecule has 0 amide bonds. The molecule has 1 N–H and O–H groups in total. The zero-order valence-electron chi connectivity index (χ0n) is 9.93. The third kappa shape index (κ3) is 3.60. The fraction of sp³-hybridized carbons (Fsp3) is 0.0714. The van der Waals surface area contributed by atoms with Gasteiger partial charge in [0, 0.05) is 10.2 Å². The molecular formula is C14H13BrN2O. The first kappa shape index (κ1) is 12.6. The van der Waals surface area contributed by atoms with E-state index >= 15 is 0 Å². The monoisotopic (exact) mass is 304 g/mol. The molecule has 0 unspecified atom stereocenters. The summed E-state index contributed by atoms with van der Waals surface area (Å²) in [7, 11) is 1.65. The third-order valence-corrected chi connectivity index (χ3v) is 2.89. The van der Waals surface area contributed by atoms with E-state index in [1.807, 2.05) is 48.5 Å². The van der Waals surface area contributed by atoms with Gasteiger partial charge in [-0.1, -0.05) is 15.9 Å². The molecule has 2 aromatic carbocycles. The van der Waals surface area contributed by atoms with Crippen LogP contribution in [0.15, 0.2) is 58.0 Å². The van der Waals surface area contributed by atoms with E-state index in [1.165, 1.54) is 0 Å². The first-order chi connectivity index (χ1) is 8.78. The highest BCUT2D eigenvalue weighted by atomic mass is 79.9. The molecule has 0 saturated heterocycles. The lowest BCUT2D eigenvalue weighted by Gasteiger charge is -2.02. The molecule has 92 valence electrons. The van der Waals surface area contributed by atoms with Gasteiger partial charge in [0.1, 0.15) is 5.75 Å². The van der Waals surface area contributed by atoms with Crippen LogP contribution in [0.2, 0.25) is 0 Å². The lowest BCUT2D eigenvalue weighted by molar-refractivity contribution is 0.415. The number of hydrogen-bond donors (Lipinski definition) is 1. The van der Waals surface area contributed by atoms with Crippen LogP contribution in [0.3, 0.4) is 0 Å². The van der Waals surface area contributed by atoms with Gasteiger partial charge in [0.25, 0.3) is 0 Å².